The van der Waals surface area contributed by atoms with E-state index in [1.807, 2.05) is 12.1 Å². The lowest BCUT2D eigenvalue weighted by atomic mass is 10.2. The number of rotatable bonds is 4. The highest BCUT2D eigenvalue weighted by atomic mass is 32.1. The molecule has 96 valence electrons. The van der Waals surface area contributed by atoms with Gasteiger partial charge in [-0.25, -0.2) is 0 Å². The van der Waals surface area contributed by atoms with Gasteiger partial charge in [-0.05, 0) is 30.9 Å². The molecule has 1 aliphatic rings. The van der Waals surface area contributed by atoms with Crippen LogP contribution in [-0.2, 0) is 0 Å². The monoisotopic (exact) mass is 262 g/mol. The van der Waals surface area contributed by atoms with Crippen molar-refractivity contribution in [3.63, 3.8) is 0 Å². The van der Waals surface area contributed by atoms with Crippen LogP contribution < -0.4 is 11.1 Å². The summed E-state index contributed by atoms with van der Waals surface area (Å²) in [7, 11) is 0. The zero-order chi connectivity index (χ0) is 13.0. The second-order valence-corrected chi connectivity index (χ2v) is 5.62. The quantitative estimate of drug-likeness (QED) is 0.815. The smallest absolute Gasteiger partial charge is 0.261 e. The number of nitrogens with one attached hydrogen (secondary N) is 1. The third-order valence-electron chi connectivity index (χ3n) is 3.04. The molecule has 1 aromatic heterocycles. The summed E-state index contributed by atoms with van der Waals surface area (Å²) in [6.07, 6.45) is 3.53. The highest BCUT2D eigenvalue weighted by molar-refractivity contribution is 7.14. The fourth-order valence-electron chi connectivity index (χ4n) is 2.02. The lowest BCUT2D eigenvalue weighted by molar-refractivity contribution is 0.0953. The fourth-order valence-corrected chi connectivity index (χ4v) is 2.80. The molecule has 0 radical (unpaired) electrons. The average Bonchev–Trinajstić information content (AvgIpc) is 2.92. The van der Waals surface area contributed by atoms with E-state index in [0.29, 0.717) is 18.5 Å². The van der Waals surface area contributed by atoms with Gasteiger partial charge in [-0.1, -0.05) is 25.2 Å². The summed E-state index contributed by atoms with van der Waals surface area (Å²) in [6.45, 7) is 2.53. The van der Waals surface area contributed by atoms with Gasteiger partial charge in [0.2, 0.25) is 0 Å². The molecule has 1 aliphatic carbocycles. The Kier molecular flexibility index (Phi) is 4.40. The highest BCUT2D eigenvalue weighted by Crippen LogP contribution is 2.34. The molecular formula is C14H18N2OS. The van der Waals surface area contributed by atoms with Crippen LogP contribution in [0.5, 0.6) is 0 Å². The molecule has 0 bridgehead atoms. The van der Waals surface area contributed by atoms with Crippen molar-refractivity contribution in [2.24, 2.45) is 11.7 Å². The van der Waals surface area contributed by atoms with Crippen LogP contribution in [0.2, 0.25) is 0 Å². The maximum Gasteiger partial charge on any atom is 0.261 e. The van der Waals surface area contributed by atoms with E-state index in [1.165, 1.54) is 24.2 Å². The first-order valence-corrected chi connectivity index (χ1v) is 7.16. The zero-order valence-corrected chi connectivity index (χ0v) is 11.3. The van der Waals surface area contributed by atoms with Crippen LogP contribution in [-0.4, -0.2) is 18.5 Å². The zero-order valence-electron chi connectivity index (χ0n) is 10.5. The van der Waals surface area contributed by atoms with Gasteiger partial charge in [0.15, 0.2) is 0 Å². The molecule has 1 fully saturated rings. The number of nitrogens with two attached hydrogens (primary N) is 1. The van der Waals surface area contributed by atoms with E-state index in [4.69, 9.17) is 5.73 Å². The minimum atomic E-state index is 0.0319. The van der Waals surface area contributed by atoms with Crippen molar-refractivity contribution in [2.75, 3.05) is 6.54 Å². The summed E-state index contributed by atoms with van der Waals surface area (Å²) in [6, 6.07) is 4.09. The number of amides is 1. The summed E-state index contributed by atoms with van der Waals surface area (Å²) in [5, 5.41) is 3.07. The number of carbonyl (C=O) groups excluding carboxylic acids is 1. The van der Waals surface area contributed by atoms with E-state index >= 15 is 0 Å². The molecule has 0 aromatic carbocycles. The Hall–Kier alpha value is -1.31. The molecule has 0 spiro atoms. The summed E-state index contributed by atoms with van der Waals surface area (Å²) >= 11 is 1.42. The lowest BCUT2D eigenvalue weighted by Crippen LogP contribution is -2.25. The largest absolute Gasteiger partial charge is 0.348 e. The fraction of sp³-hybridized carbons (Fsp3) is 0.500. The van der Waals surface area contributed by atoms with Crippen LogP contribution in [0.25, 0.3) is 0 Å². The van der Waals surface area contributed by atoms with Crippen LogP contribution in [0.3, 0.4) is 0 Å². The molecule has 2 rings (SSSR count). The first kappa shape index (κ1) is 13.1. The Balaban J connectivity index is 1.88. The molecule has 0 aliphatic heterocycles. The summed E-state index contributed by atoms with van der Waals surface area (Å²) < 4.78 is 0. The second kappa shape index (κ2) is 6.03. The van der Waals surface area contributed by atoms with Gasteiger partial charge >= 0.3 is 0 Å². The molecule has 0 saturated heterocycles. The van der Waals surface area contributed by atoms with Crippen molar-refractivity contribution in [1.29, 1.82) is 0 Å². The molecule has 4 heteroatoms. The Morgan fingerprint density at radius 1 is 1.61 bits per heavy atom. The van der Waals surface area contributed by atoms with E-state index in [9.17, 15) is 4.79 Å². The van der Waals surface area contributed by atoms with Gasteiger partial charge in [0.1, 0.15) is 0 Å². The average molecular weight is 262 g/mol. The molecule has 2 unspecified atom stereocenters. The summed E-state index contributed by atoms with van der Waals surface area (Å²) in [5.74, 6) is 6.45. The summed E-state index contributed by atoms with van der Waals surface area (Å²) in [4.78, 5) is 13.6. The molecule has 1 saturated carbocycles. The SMILES string of the molecule is CCCC1CC1NC(=O)c1ccc(C#CCN)s1. The molecule has 1 aromatic rings. The highest BCUT2D eigenvalue weighted by Gasteiger charge is 2.37. The predicted octanol–water partition coefficient (Wildman–Crippen LogP) is 1.98. The van der Waals surface area contributed by atoms with Gasteiger partial charge in [-0.15, -0.1) is 11.3 Å². The Morgan fingerprint density at radius 3 is 3.17 bits per heavy atom. The topological polar surface area (TPSA) is 55.1 Å². The first-order chi connectivity index (χ1) is 8.74. The Morgan fingerprint density at radius 2 is 2.44 bits per heavy atom. The van der Waals surface area contributed by atoms with Crippen LogP contribution >= 0.6 is 11.3 Å². The van der Waals surface area contributed by atoms with Crippen molar-refractivity contribution in [2.45, 2.75) is 32.2 Å². The maximum absolute atomic E-state index is 12.0. The summed E-state index contributed by atoms with van der Waals surface area (Å²) in [5.41, 5.74) is 5.31. The Labute approximate surface area is 112 Å². The lowest BCUT2D eigenvalue weighted by Gasteiger charge is -2.01. The number of hydrogen-bond acceptors (Lipinski definition) is 3. The molecule has 3 N–H and O–H groups in total. The number of hydrogen-bond donors (Lipinski definition) is 2. The third-order valence-corrected chi connectivity index (χ3v) is 4.04. The van der Waals surface area contributed by atoms with Gasteiger partial charge in [0.05, 0.1) is 16.3 Å². The Bertz CT molecular complexity index is 483. The molecule has 18 heavy (non-hydrogen) atoms. The van der Waals surface area contributed by atoms with Crippen LogP contribution in [0.4, 0.5) is 0 Å². The minimum absolute atomic E-state index is 0.0319. The van der Waals surface area contributed by atoms with E-state index < -0.39 is 0 Å². The second-order valence-electron chi connectivity index (χ2n) is 4.53. The van der Waals surface area contributed by atoms with Crippen molar-refractivity contribution in [3.05, 3.63) is 21.9 Å². The maximum atomic E-state index is 12.0. The molecule has 1 amide bonds. The van der Waals surface area contributed by atoms with Crippen molar-refractivity contribution >= 4 is 17.2 Å². The minimum Gasteiger partial charge on any atom is -0.348 e. The number of carbonyl (C=O) groups is 1. The molecule has 1 heterocycles. The van der Waals surface area contributed by atoms with Gasteiger partial charge in [0.25, 0.3) is 5.91 Å². The van der Waals surface area contributed by atoms with Crippen LogP contribution in [0.15, 0.2) is 12.1 Å². The van der Waals surface area contributed by atoms with E-state index in [1.54, 1.807) is 0 Å². The van der Waals surface area contributed by atoms with Gasteiger partial charge in [-0.2, -0.15) is 0 Å². The number of thiophene rings is 1. The van der Waals surface area contributed by atoms with Crippen LogP contribution in [0.1, 0.15) is 40.7 Å². The predicted molar refractivity (Wildman–Crippen MR) is 74.5 cm³/mol. The third kappa shape index (κ3) is 3.34. The normalized spacial score (nSPS) is 21.0. The van der Waals surface area contributed by atoms with Gasteiger partial charge in [0, 0.05) is 6.04 Å². The molecular weight excluding hydrogens is 244 g/mol. The molecule has 2 atom stereocenters. The van der Waals surface area contributed by atoms with E-state index in [0.717, 1.165) is 16.2 Å². The van der Waals surface area contributed by atoms with Crippen molar-refractivity contribution in [3.8, 4) is 11.8 Å². The van der Waals surface area contributed by atoms with Crippen molar-refractivity contribution in [1.82, 2.24) is 5.32 Å². The van der Waals surface area contributed by atoms with Crippen molar-refractivity contribution < 1.29 is 4.79 Å². The van der Waals surface area contributed by atoms with Gasteiger partial charge < -0.3 is 11.1 Å². The van der Waals surface area contributed by atoms with E-state index in [2.05, 4.69) is 24.1 Å². The first-order valence-electron chi connectivity index (χ1n) is 6.34. The van der Waals surface area contributed by atoms with Crippen LogP contribution in [0, 0.1) is 17.8 Å². The van der Waals surface area contributed by atoms with Gasteiger partial charge in [-0.3, -0.25) is 4.79 Å². The standard InChI is InChI=1S/C14H18N2OS/c1-2-4-10-9-12(10)16-14(17)13-7-6-11(18-13)5-3-8-15/h6-7,10,12H,2,4,8-9,15H2,1H3,(H,16,17). The van der Waals surface area contributed by atoms with E-state index in [-0.39, 0.29) is 5.91 Å². The molecule has 3 nitrogen and oxygen atoms in total.